The van der Waals surface area contributed by atoms with E-state index in [9.17, 15) is 14.5 Å². The SMILES string of the molecule is COc1cc2c(c(OC)c1OC)-c1ccc(NCCCCC(N)C(=O)O)c(=O)cc1C(N(C)N=O)CC2. The van der Waals surface area contributed by atoms with Crippen molar-refractivity contribution >= 4 is 11.7 Å². The number of anilines is 1. The van der Waals surface area contributed by atoms with Gasteiger partial charge in [0.1, 0.15) is 6.04 Å². The van der Waals surface area contributed by atoms with Crippen LogP contribution in [0.3, 0.4) is 0 Å². The van der Waals surface area contributed by atoms with E-state index in [4.69, 9.17) is 25.1 Å². The Balaban J connectivity index is 2.07. The average Bonchev–Trinajstić information content (AvgIpc) is 3.14. The molecule has 0 bridgehead atoms. The molecule has 2 atom stereocenters. The summed E-state index contributed by atoms with van der Waals surface area (Å²) in [5, 5.41) is 16.5. The van der Waals surface area contributed by atoms with Crippen molar-refractivity contribution in [3.05, 3.63) is 50.5 Å². The summed E-state index contributed by atoms with van der Waals surface area (Å²) in [7, 11) is 6.22. The summed E-state index contributed by atoms with van der Waals surface area (Å²) in [6, 6.07) is 5.64. The van der Waals surface area contributed by atoms with Gasteiger partial charge >= 0.3 is 5.97 Å². The molecule has 37 heavy (non-hydrogen) atoms. The maximum atomic E-state index is 13.2. The molecule has 0 saturated carbocycles. The Kier molecular flexibility index (Phi) is 9.29. The number of hydrogen-bond acceptors (Lipinski definition) is 9. The predicted octanol–water partition coefficient (Wildman–Crippen LogP) is 3.33. The van der Waals surface area contributed by atoms with Crippen LogP contribution >= 0.6 is 0 Å². The lowest BCUT2D eigenvalue weighted by Gasteiger charge is -2.22. The van der Waals surface area contributed by atoms with E-state index in [2.05, 4.69) is 10.6 Å². The van der Waals surface area contributed by atoms with Gasteiger partial charge in [-0.3, -0.25) is 14.6 Å². The molecule has 200 valence electrons. The van der Waals surface area contributed by atoms with Crippen molar-refractivity contribution in [2.24, 2.45) is 11.0 Å². The van der Waals surface area contributed by atoms with Crippen molar-refractivity contribution in [1.29, 1.82) is 0 Å². The minimum absolute atomic E-state index is 0.240. The van der Waals surface area contributed by atoms with E-state index in [-0.39, 0.29) is 5.43 Å². The van der Waals surface area contributed by atoms with E-state index in [1.54, 1.807) is 27.3 Å². The third kappa shape index (κ3) is 5.93. The molecule has 2 aromatic rings. The number of unbranched alkanes of at least 4 members (excludes halogenated alkanes) is 1. The molecular weight excluding hydrogens is 480 g/mol. The summed E-state index contributed by atoms with van der Waals surface area (Å²) in [5.41, 5.74) is 8.77. The van der Waals surface area contributed by atoms with Gasteiger partial charge in [-0.25, -0.2) is 0 Å². The molecule has 0 spiro atoms. The summed E-state index contributed by atoms with van der Waals surface area (Å²) < 4.78 is 16.9. The zero-order chi connectivity index (χ0) is 27.1. The number of nitrogens with two attached hydrogens (primary N) is 1. The molecule has 0 aromatic heterocycles. The van der Waals surface area contributed by atoms with Crippen molar-refractivity contribution in [3.8, 4) is 28.4 Å². The van der Waals surface area contributed by atoms with Gasteiger partial charge in [0.05, 0.1) is 38.3 Å². The van der Waals surface area contributed by atoms with Crippen molar-refractivity contribution in [3.63, 3.8) is 0 Å². The first-order valence-electron chi connectivity index (χ1n) is 12.1. The largest absolute Gasteiger partial charge is 0.493 e. The molecule has 11 nitrogen and oxygen atoms in total. The van der Waals surface area contributed by atoms with E-state index in [1.165, 1.54) is 18.2 Å². The van der Waals surface area contributed by atoms with Gasteiger partial charge in [0.2, 0.25) is 11.2 Å². The van der Waals surface area contributed by atoms with Gasteiger partial charge in [-0.05, 0) is 67.0 Å². The highest BCUT2D eigenvalue weighted by molar-refractivity contribution is 5.83. The molecule has 0 aliphatic heterocycles. The number of fused-ring (bicyclic) bond motifs is 3. The van der Waals surface area contributed by atoms with Crippen LogP contribution in [0.15, 0.2) is 34.3 Å². The van der Waals surface area contributed by atoms with Crippen LogP contribution in [0.4, 0.5) is 5.69 Å². The number of carboxylic acids is 1. The molecule has 2 unspecified atom stereocenters. The highest BCUT2D eigenvalue weighted by atomic mass is 16.5. The monoisotopic (exact) mass is 514 g/mol. The van der Waals surface area contributed by atoms with E-state index in [1.807, 2.05) is 12.1 Å². The van der Waals surface area contributed by atoms with Crippen LogP contribution in [0.5, 0.6) is 17.2 Å². The summed E-state index contributed by atoms with van der Waals surface area (Å²) in [5.74, 6) is 0.403. The summed E-state index contributed by atoms with van der Waals surface area (Å²) in [6.45, 7) is 0.473. The van der Waals surface area contributed by atoms with Crippen LogP contribution in [0.1, 0.15) is 42.9 Å². The van der Waals surface area contributed by atoms with Gasteiger partial charge in [-0.2, -0.15) is 0 Å². The molecule has 0 amide bonds. The third-order valence-corrected chi connectivity index (χ3v) is 6.66. The van der Waals surface area contributed by atoms with Crippen LogP contribution in [0.2, 0.25) is 0 Å². The smallest absolute Gasteiger partial charge is 0.320 e. The first kappa shape index (κ1) is 27.7. The first-order chi connectivity index (χ1) is 17.8. The van der Waals surface area contributed by atoms with Crippen LogP contribution < -0.4 is 30.7 Å². The van der Waals surface area contributed by atoms with Gasteiger partial charge in [0.15, 0.2) is 11.5 Å². The molecule has 4 N–H and O–H groups in total. The number of nitrogens with one attached hydrogen (secondary N) is 1. The molecule has 1 aliphatic rings. The fraction of sp³-hybridized carbons (Fsp3) is 0.462. The number of methoxy groups -OCH3 is 3. The van der Waals surface area contributed by atoms with Gasteiger partial charge in [-0.1, -0.05) is 6.07 Å². The Morgan fingerprint density at radius 3 is 2.54 bits per heavy atom. The van der Waals surface area contributed by atoms with Gasteiger partial charge in [-0.15, -0.1) is 4.91 Å². The Morgan fingerprint density at radius 1 is 1.19 bits per heavy atom. The maximum absolute atomic E-state index is 13.2. The molecular formula is C26H34N4O7. The summed E-state index contributed by atoms with van der Waals surface area (Å²) >= 11 is 0. The Labute approximate surface area is 215 Å². The normalized spacial score (nSPS) is 14.9. The predicted molar refractivity (Wildman–Crippen MR) is 140 cm³/mol. The molecule has 11 heteroatoms. The second kappa shape index (κ2) is 12.4. The summed E-state index contributed by atoms with van der Waals surface area (Å²) in [6.07, 6.45) is 2.73. The molecule has 3 rings (SSSR count). The van der Waals surface area contributed by atoms with Crippen LogP contribution in [-0.4, -0.2) is 57.0 Å². The highest BCUT2D eigenvalue weighted by Crippen LogP contribution is 2.50. The molecule has 1 aliphatic carbocycles. The van der Waals surface area contributed by atoms with Crippen molar-refractivity contribution in [2.75, 3.05) is 40.2 Å². The van der Waals surface area contributed by atoms with Crippen LogP contribution in [0.25, 0.3) is 11.1 Å². The van der Waals surface area contributed by atoms with Crippen LogP contribution in [0, 0.1) is 4.91 Å². The Hall–Kier alpha value is -3.86. The zero-order valence-electron chi connectivity index (χ0n) is 21.6. The van der Waals surface area contributed by atoms with Gasteiger partial charge in [0.25, 0.3) is 0 Å². The van der Waals surface area contributed by atoms with Gasteiger partial charge < -0.3 is 30.4 Å². The lowest BCUT2D eigenvalue weighted by molar-refractivity contribution is -0.138. The standard InChI is InChI=1S/C26H34N4O7/c1-30(29-34)20-11-8-15-13-22(35-2)24(36-3)25(37-4)23(15)16-9-10-19(21(31)14-17(16)20)28-12-6-5-7-18(27)26(32)33/h9-10,13-14,18,20H,5-8,11-12,27H2,1-4H3,(H,28,31)(H,32,33). The quantitative estimate of drug-likeness (QED) is 0.218. The van der Waals surface area contributed by atoms with Crippen molar-refractivity contribution in [1.82, 2.24) is 5.01 Å². The number of rotatable bonds is 12. The molecule has 0 saturated heterocycles. The second-order valence-corrected chi connectivity index (χ2v) is 8.88. The van der Waals surface area contributed by atoms with Crippen LogP contribution in [-0.2, 0) is 11.2 Å². The third-order valence-electron chi connectivity index (χ3n) is 6.66. The number of aliphatic carboxylic acids is 1. The molecule has 0 radical (unpaired) electrons. The number of aryl methyl sites for hydroxylation is 1. The number of benzene rings is 1. The lowest BCUT2D eigenvalue weighted by Crippen LogP contribution is -2.29. The second-order valence-electron chi connectivity index (χ2n) is 8.88. The van der Waals surface area contributed by atoms with E-state index >= 15 is 0 Å². The van der Waals surface area contributed by atoms with Gasteiger partial charge in [0, 0.05) is 19.2 Å². The molecule has 0 fully saturated rings. The zero-order valence-corrected chi connectivity index (χ0v) is 21.6. The fourth-order valence-corrected chi connectivity index (χ4v) is 4.72. The van der Waals surface area contributed by atoms with Crippen molar-refractivity contribution in [2.45, 2.75) is 44.2 Å². The number of ether oxygens (including phenoxy) is 3. The number of nitrogens with zero attached hydrogens (tertiary/aromatic N) is 2. The fourth-order valence-electron chi connectivity index (χ4n) is 4.72. The first-order valence-corrected chi connectivity index (χ1v) is 12.1. The van der Waals surface area contributed by atoms with E-state index < -0.39 is 18.1 Å². The molecule has 0 heterocycles. The highest BCUT2D eigenvalue weighted by Gasteiger charge is 2.31. The minimum atomic E-state index is -1.03. The topological polar surface area (TPSA) is 153 Å². The number of nitroso groups, excluding NO2 is 1. The molecule has 2 aromatic carbocycles. The summed E-state index contributed by atoms with van der Waals surface area (Å²) in [4.78, 5) is 35.7. The maximum Gasteiger partial charge on any atom is 0.320 e. The van der Waals surface area contributed by atoms with E-state index in [0.29, 0.717) is 67.1 Å². The van der Waals surface area contributed by atoms with Crippen molar-refractivity contribution < 1.29 is 24.1 Å². The number of carboxylic acid groups (broad SMARTS) is 1. The number of hydrogen-bond donors (Lipinski definition) is 3. The number of carbonyl (C=O) groups is 1. The lowest BCUT2D eigenvalue weighted by atomic mass is 9.95. The van der Waals surface area contributed by atoms with E-state index in [0.717, 1.165) is 16.7 Å². The Bertz CT molecular complexity index is 1200. The average molecular weight is 515 g/mol. The Morgan fingerprint density at radius 2 is 1.92 bits per heavy atom. The minimum Gasteiger partial charge on any atom is -0.493 e.